The van der Waals surface area contributed by atoms with Crippen LogP contribution >= 0.6 is 11.3 Å². The minimum atomic E-state index is -2.00. The number of carbonyl (C=O) groups is 3. The number of aliphatic hydroxyl groups excluding tert-OH is 1. The molecular weight excluding hydrogens is 581 g/mol. The highest BCUT2D eigenvalue weighted by Crippen LogP contribution is 2.29. The summed E-state index contributed by atoms with van der Waals surface area (Å²) in [6.45, 7) is 7.08. The minimum absolute atomic E-state index is 0.0914. The molecule has 15 heteroatoms. The smallest absolute Gasteiger partial charge is 0.246 e. The third-order valence-electron chi connectivity index (χ3n) is 6.79. The topological polar surface area (TPSA) is 179 Å². The average molecular weight is 620 g/mol. The zero-order chi connectivity index (χ0) is 31.6. The first-order valence-electron chi connectivity index (χ1n) is 13.8. The van der Waals surface area contributed by atoms with Crippen LogP contribution in [0.3, 0.4) is 0 Å². The molecule has 1 aliphatic rings. The largest absolute Gasteiger partial charge is 0.388 e. The number of nitrogens with zero attached hydrogens (tertiary/aromatic N) is 5. The Balaban J connectivity index is 1.59. The summed E-state index contributed by atoms with van der Waals surface area (Å²) < 4.78 is 25.6. The number of aryl methyl sites for hydroxylation is 1. The fraction of sp³-hybridized carbons (Fsp3) is 0.571. The Morgan fingerprint density at radius 2 is 1.93 bits per heavy atom. The number of carbonyl (C=O) groups excluding carboxylic acids is 3. The molecule has 0 saturated carbocycles. The molecule has 0 aliphatic carbocycles. The number of β-amino-alcohol motifs (C(OH)–C–C–N with tert-alkyl or cyclic N) is 1. The van der Waals surface area contributed by atoms with Crippen LogP contribution < -0.4 is 10.6 Å². The first kappa shape index (κ1) is 33.9. The Morgan fingerprint density at radius 3 is 2.56 bits per heavy atom. The normalized spacial score (nSPS) is 19.0. The van der Waals surface area contributed by atoms with E-state index < -0.39 is 54.0 Å². The van der Waals surface area contributed by atoms with E-state index in [9.17, 15) is 19.5 Å². The number of halogens is 1. The number of thiazole rings is 1. The maximum Gasteiger partial charge on any atom is 0.246 e. The molecule has 2 aromatic rings. The van der Waals surface area contributed by atoms with Crippen LogP contribution in [0, 0.1) is 12.3 Å². The highest BCUT2D eigenvalue weighted by molar-refractivity contribution is 7.13. The zero-order valence-electron chi connectivity index (χ0n) is 24.7. The second-order valence-electron chi connectivity index (χ2n) is 11.1. The molecule has 234 valence electrons. The highest BCUT2D eigenvalue weighted by atomic mass is 32.1. The number of likely N-dealkylation sites (tertiary alicyclic amines) is 1. The molecule has 1 aromatic carbocycles. The number of hydrogen-bond donors (Lipinski definition) is 3. The number of amides is 3. The van der Waals surface area contributed by atoms with Crippen molar-refractivity contribution < 1.29 is 33.4 Å². The second-order valence-corrected chi connectivity index (χ2v) is 12.0. The summed E-state index contributed by atoms with van der Waals surface area (Å²) in [5.74, 6) is -2.02. The molecule has 4 atom stereocenters. The predicted octanol–water partition coefficient (Wildman–Crippen LogP) is 2.52. The van der Waals surface area contributed by atoms with Gasteiger partial charge in [-0.3, -0.25) is 14.4 Å². The van der Waals surface area contributed by atoms with E-state index in [0.29, 0.717) is 0 Å². The number of nitrogens with one attached hydrogen (secondary N) is 2. The van der Waals surface area contributed by atoms with Crippen LogP contribution in [0.25, 0.3) is 20.9 Å². The van der Waals surface area contributed by atoms with Gasteiger partial charge in [-0.15, -0.1) is 11.3 Å². The van der Waals surface area contributed by atoms with E-state index in [-0.39, 0.29) is 39.5 Å². The summed E-state index contributed by atoms with van der Waals surface area (Å²) in [6, 6.07) is 4.82. The van der Waals surface area contributed by atoms with Crippen LogP contribution in [0.1, 0.15) is 32.0 Å². The van der Waals surface area contributed by atoms with Gasteiger partial charge in [0.25, 0.3) is 0 Å². The number of hydrogen-bond acceptors (Lipinski definition) is 9. The third-order valence-corrected chi connectivity index (χ3v) is 7.77. The Kier molecular flexibility index (Phi) is 12.4. The van der Waals surface area contributed by atoms with E-state index in [1.54, 1.807) is 26.3 Å². The van der Waals surface area contributed by atoms with E-state index in [2.05, 4.69) is 25.6 Å². The summed E-state index contributed by atoms with van der Waals surface area (Å²) in [6.07, 6.45) is -3.56. The fourth-order valence-corrected chi connectivity index (χ4v) is 5.32. The van der Waals surface area contributed by atoms with E-state index in [1.165, 1.54) is 11.3 Å². The lowest BCUT2D eigenvalue weighted by atomic mass is 9.85. The number of rotatable bonds is 14. The molecule has 43 heavy (non-hydrogen) atoms. The molecule has 1 aromatic heterocycles. The maximum atomic E-state index is 15.1. The average Bonchev–Trinajstić information content (AvgIpc) is 3.53. The molecule has 3 N–H and O–H groups in total. The molecule has 0 spiro atoms. The van der Waals surface area contributed by atoms with Crippen molar-refractivity contribution in [3.05, 3.63) is 51.5 Å². The molecule has 0 unspecified atom stereocenters. The summed E-state index contributed by atoms with van der Waals surface area (Å²) in [5.41, 5.74) is 11.9. The van der Waals surface area contributed by atoms with Crippen molar-refractivity contribution in [1.82, 2.24) is 20.5 Å². The first-order valence-corrected chi connectivity index (χ1v) is 14.7. The molecule has 13 nitrogen and oxygen atoms in total. The third kappa shape index (κ3) is 9.43. The van der Waals surface area contributed by atoms with E-state index in [1.807, 2.05) is 31.2 Å². The highest BCUT2D eigenvalue weighted by Gasteiger charge is 2.50. The van der Waals surface area contributed by atoms with Gasteiger partial charge in [0.2, 0.25) is 17.7 Å². The fourth-order valence-electron chi connectivity index (χ4n) is 4.51. The Hall–Kier alpha value is -3.62. The molecule has 0 radical (unpaired) electrons. The van der Waals surface area contributed by atoms with Gasteiger partial charge < -0.3 is 30.1 Å². The van der Waals surface area contributed by atoms with Gasteiger partial charge in [-0.05, 0) is 29.0 Å². The number of azide groups is 1. The van der Waals surface area contributed by atoms with Crippen LogP contribution in [-0.4, -0.2) is 96.6 Å². The van der Waals surface area contributed by atoms with E-state index >= 15 is 4.39 Å². The second kappa shape index (κ2) is 15.7. The van der Waals surface area contributed by atoms with E-state index in [0.717, 1.165) is 26.6 Å². The number of alkyl halides is 1. The van der Waals surface area contributed by atoms with Crippen molar-refractivity contribution in [2.45, 2.75) is 58.6 Å². The van der Waals surface area contributed by atoms with Gasteiger partial charge in [-0.2, -0.15) is 0 Å². The van der Waals surface area contributed by atoms with E-state index in [4.69, 9.17) is 15.0 Å². The lowest BCUT2D eigenvalue weighted by Gasteiger charge is -2.35. The van der Waals surface area contributed by atoms with Crippen LogP contribution in [0.2, 0.25) is 0 Å². The number of aromatic nitrogens is 1. The van der Waals surface area contributed by atoms with Crippen LogP contribution in [-0.2, 0) is 30.4 Å². The van der Waals surface area contributed by atoms with Crippen LogP contribution in [0.15, 0.2) is 34.9 Å². The van der Waals surface area contributed by atoms with Gasteiger partial charge in [-0.1, -0.05) is 50.2 Å². The van der Waals surface area contributed by atoms with Crippen LogP contribution in [0.4, 0.5) is 4.39 Å². The van der Waals surface area contributed by atoms with Crippen molar-refractivity contribution in [3.63, 3.8) is 0 Å². The molecule has 0 bridgehead atoms. The Bertz CT molecular complexity index is 1300. The molecule has 1 saturated heterocycles. The lowest BCUT2D eigenvalue weighted by Crippen LogP contribution is -2.59. The van der Waals surface area contributed by atoms with Crippen molar-refractivity contribution in [2.24, 2.45) is 10.5 Å². The van der Waals surface area contributed by atoms with Crippen molar-refractivity contribution in [1.29, 1.82) is 0 Å². The van der Waals surface area contributed by atoms with Crippen molar-refractivity contribution in [3.8, 4) is 10.4 Å². The maximum absolute atomic E-state index is 15.1. The summed E-state index contributed by atoms with van der Waals surface area (Å²) >= 11 is 1.53. The SMILES string of the molecule is Cc1ncsc1-c1ccc(CNC(=O)[C@@H]2[C@H](F)[C@@H](O)CN2C(=O)[C@@H](NC(=O)COCCOCCN=[N+]=[N-])C(C)(C)C)cc1. The predicted molar refractivity (Wildman–Crippen MR) is 158 cm³/mol. The lowest BCUT2D eigenvalue weighted by molar-refractivity contribution is -0.145. The number of aliphatic hydroxyl groups is 1. The Labute approximate surface area is 253 Å². The van der Waals surface area contributed by atoms with Gasteiger partial charge in [0.1, 0.15) is 24.8 Å². The quantitative estimate of drug-likeness (QED) is 0.126. The van der Waals surface area contributed by atoms with Crippen molar-refractivity contribution in [2.75, 3.05) is 39.5 Å². The molecule has 1 fully saturated rings. The van der Waals surface area contributed by atoms with Gasteiger partial charge >= 0.3 is 0 Å². The number of benzene rings is 1. The number of ether oxygens (including phenoxy) is 2. The molecular formula is C28H38FN7O6S. The molecule has 3 rings (SSSR count). The summed E-state index contributed by atoms with van der Waals surface area (Å²) in [5, 5.41) is 18.9. The summed E-state index contributed by atoms with van der Waals surface area (Å²) in [7, 11) is 0. The monoisotopic (exact) mass is 619 g/mol. The summed E-state index contributed by atoms with van der Waals surface area (Å²) in [4.78, 5) is 48.3. The van der Waals surface area contributed by atoms with Crippen molar-refractivity contribution >= 4 is 29.1 Å². The Morgan fingerprint density at radius 1 is 1.23 bits per heavy atom. The van der Waals surface area contributed by atoms with Gasteiger partial charge in [0.05, 0.1) is 42.4 Å². The molecule has 3 amide bonds. The molecule has 2 heterocycles. The molecule has 1 aliphatic heterocycles. The standard InChI is InChI=1S/C28H38FN7O6S/c1-17-24(43-16-32-17)19-7-5-18(6-8-19)13-31-26(39)23-22(29)20(37)14-36(23)27(40)25(28(2,3)4)34-21(38)15-42-12-11-41-10-9-33-35-30/h5-8,16,20,22-23,25,37H,9-15H2,1-4H3,(H,31,39)(H,34,38)/t20-,22+,23-,25+/m0/s1. The zero-order valence-corrected chi connectivity index (χ0v) is 25.5. The van der Waals surface area contributed by atoms with Gasteiger partial charge in [0, 0.05) is 18.0 Å². The van der Waals surface area contributed by atoms with Crippen LogP contribution in [0.5, 0.6) is 0 Å². The first-order chi connectivity index (χ1) is 20.4. The van der Waals surface area contributed by atoms with Gasteiger partial charge in [0.15, 0.2) is 6.17 Å². The minimum Gasteiger partial charge on any atom is -0.388 e. The van der Waals surface area contributed by atoms with Gasteiger partial charge in [-0.25, -0.2) is 9.37 Å².